The molecule has 0 saturated carbocycles. The van der Waals surface area contributed by atoms with Crippen molar-refractivity contribution in [1.29, 1.82) is 0 Å². The summed E-state index contributed by atoms with van der Waals surface area (Å²) in [4.78, 5) is 0. The van der Waals surface area contributed by atoms with Gasteiger partial charge in [0.25, 0.3) is 0 Å². The lowest BCUT2D eigenvalue weighted by Gasteiger charge is -2.19. The first-order valence-electron chi connectivity index (χ1n) is 6.07. The van der Waals surface area contributed by atoms with Crippen molar-refractivity contribution in [2.24, 2.45) is 0 Å². The molecule has 2 aromatic carbocycles. The van der Waals surface area contributed by atoms with Crippen molar-refractivity contribution in [3.05, 3.63) is 63.3 Å². The van der Waals surface area contributed by atoms with E-state index >= 15 is 0 Å². The lowest BCUT2D eigenvalue weighted by Crippen LogP contribution is -2.09. The number of hydrogen-bond acceptors (Lipinski definition) is 1. The third kappa shape index (κ3) is 3.71. The van der Waals surface area contributed by atoms with Crippen molar-refractivity contribution < 1.29 is 4.39 Å². The molecule has 0 amide bonds. The van der Waals surface area contributed by atoms with Crippen LogP contribution < -0.4 is 5.32 Å². The molecule has 0 radical (unpaired) electrons. The molecule has 0 aliphatic rings. The van der Waals surface area contributed by atoms with E-state index in [0.29, 0.717) is 0 Å². The van der Waals surface area contributed by atoms with Crippen molar-refractivity contribution in [2.75, 3.05) is 5.32 Å². The number of halogens is 3. The average Bonchev–Trinajstić information content (AvgIpc) is 2.40. The van der Waals surface area contributed by atoms with Crippen molar-refractivity contribution in [2.45, 2.75) is 19.4 Å². The Morgan fingerprint density at radius 2 is 2.05 bits per heavy atom. The highest BCUT2D eigenvalue weighted by Crippen LogP contribution is 2.27. The largest absolute Gasteiger partial charge is 0.378 e. The second-order valence-corrected chi connectivity index (χ2v) is 5.61. The molecule has 1 unspecified atom stereocenters. The van der Waals surface area contributed by atoms with Gasteiger partial charge < -0.3 is 5.32 Å². The van der Waals surface area contributed by atoms with Crippen LogP contribution in [0.3, 0.4) is 0 Å². The molecule has 1 nitrogen and oxygen atoms in total. The Kier molecular flexibility index (Phi) is 4.83. The Morgan fingerprint density at radius 1 is 1.26 bits per heavy atom. The van der Waals surface area contributed by atoms with Gasteiger partial charge in [-0.2, -0.15) is 0 Å². The summed E-state index contributed by atoms with van der Waals surface area (Å²) < 4.78 is 14.2. The summed E-state index contributed by atoms with van der Waals surface area (Å²) in [5.41, 5.74) is 2.00. The van der Waals surface area contributed by atoms with E-state index < -0.39 is 5.82 Å². The van der Waals surface area contributed by atoms with Crippen molar-refractivity contribution in [1.82, 2.24) is 0 Å². The molecule has 2 aromatic rings. The Hall–Kier alpha value is -1.06. The molecule has 19 heavy (non-hydrogen) atoms. The van der Waals surface area contributed by atoms with Crippen LogP contribution in [0.1, 0.15) is 24.9 Å². The summed E-state index contributed by atoms with van der Waals surface area (Å²) in [6.45, 7) is 2.10. The molecular formula is C15H14BrClFN. The molecule has 0 saturated heterocycles. The molecule has 0 fully saturated rings. The fourth-order valence-corrected chi connectivity index (χ4v) is 2.53. The first kappa shape index (κ1) is 14.4. The number of anilines is 1. The van der Waals surface area contributed by atoms with Crippen molar-refractivity contribution in [3.8, 4) is 0 Å². The Balaban J connectivity index is 2.21. The Bertz CT molecular complexity index is 574. The van der Waals surface area contributed by atoms with E-state index in [1.165, 1.54) is 11.6 Å². The molecule has 100 valence electrons. The van der Waals surface area contributed by atoms with Crippen LogP contribution in [0, 0.1) is 5.82 Å². The molecular weight excluding hydrogens is 329 g/mol. The molecule has 4 heteroatoms. The smallest absolute Gasteiger partial charge is 0.141 e. The lowest BCUT2D eigenvalue weighted by molar-refractivity contribution is 0.628. The monoisotopic (exact) mass is 341 g/mol. The van der Waals surface area contributed by atoms with Gasteiger partial charge >= 0.3 is 0 Å². The van der Waals surface area contributed by atoms with Gasteiger partial charge in [0.1, 0.15) is 5.82 Å². The third-order valence-corrected chi connectivity index (χ3v) is 3.70. The molecule has 1 N–H and O–H groups in total. The van der Waals surface area contributed by atoms with Crippen molar-refractivity contribution >= 4 is 33.2 Å². The standard InChI is InChI=1S/C15H14BrClFN/c1-2-15(10-4-3-5-11(16)8-10)19-12-6-7-14(18)13(17)9-12/h3-9,15,19H,2H2,1H3. The zero-order valence-corrected chi connectivity index (χ0v) is 12.8. The van der Waals surface area contributed by atoms with Crippen LogP contribution in [0.25, 0.3) is 0 Å². The average molecular weight is 343 g/mol. The summed E-state index contributed by atoms with van der Waals surface area (Å²) in [6.07, 6.45) is 0.922. The molecule has 0 bridgehead atoms. The second-order valence-electron chi connectivity index (χ2n) is 4.29. The van der Waals surface area contributed by atoms with Crippen LogP contribution >= 0.6 is 27.5 Å². The zero-order valence-electron chi connectivity index (χ0n) is 10.5. The van der Waals surface area contributed by atoms with Gasteiger partial charge in [0.15, 0.2) is 0 Å². The summed E-state index contributed by atoms with van der Waals surface area (Å²) in [7, 11) is 0. The maximum atomic E-state index is 13.1. The van der Waals surface area contributed by atoms with Crippen LogP contribution in [0.15, 0.2) is 46.9 Å². The van der Waals surface area contributed by atoms with Gasteiger partial charge in [-0.1, -0.05) is 46.6 Å². The van der Waals surface area contributed by atoms with E-state index in [1.54, 1.807) is 12.1 Å². The normalized spacial score (nSPS) is 12.2. The van der Waals surface area contributed by atoms with Crippen LogP contribution in [0.2, 0.25) is 5.02 Å². The number of nitrogens with one attached hydrogen (secondary N) is 1. The molecule has 0 aliphatic carbocycles. The Morgan fingerprint density at radius 3 is 2.68 bits per heavy atom. The van der Waals surface area contributed by atoms with Crippen LogP contribution in [-0.4, -0.2) is 0 Å². The third-order valence-electron chi connectivity index (χ3n) is 2.92. The highest BCUT2D eigenvalue weighted by atomic mass is 79.9. The van der Waals surface area contributed by atoms with Gasteiger partial charge in [-0.05, 0) is 42.3 Å². The fraction of sp³-hybridized carbons (Fsp3) is 0.200. The van der Waals surface area contributed by atoms with E-state index in [4.69, 9.17) is 11.6 Å². The van der Waals surface area contributed by atoms with E-state index in [9.17, 15) is 4.39 Å². The minimum atomic E-state index is -0.400. The lowest BCUT2D eigenvalue weighted by atomic mass is 10.0. The van der Waals surface area contributed by atoms with E-state index in [1.807, 2.05) is 12.1 Å². The topological polar surface area (TPSA) is 12.0 Å². The van der Waals surface area contributed by atoms with Crippen LogP contribution in [0.5, 0.6) is 0 Å². The van der Waals surface area contributed by atoms with Gasteiger partial charge in [-0.3, -0.25) is 0 Å². The van der Waals surface area contributed by atoms with E-state index in [2.05, 4.69) is 40.3 Å². The van der Waals surface area contributed by atoms with E-state index in [-0.39, 0.29) is 11.1 Å². The number of hydrogen-bond donors (Lipinski definition) is 1. The highest BCUT2D eigenvalue weighted by Gasteiger charge is 2.10. The van der Waals surface area contributed by atoms with E-state index in [0.717, 1.165) is 16.6 Å². The molecule has 0 heterocycles. The SMILES string of the molecule is CCC(Nc1ccc(F)c(Cl)c1)c1cccc(Br)c1. The molecule has 0 aromatic heterocycles. The minimum Gasteiger partial charge on any atom is -0.378 e. The molecule has 1 atom stereocenters. The predicted octanol–water partition coefficient (Wildman–Crippen LogP) is 5.80. The van der Waals surface area contributed by atoms with Gasteiger partial charge in [-0.15, -0.1) is 0 Å². The minimum absolute atomic E-state index is 0.133. The van der Waals surface area contributed by atoms with Gasteiger partial charge in [0.2, 0.25) is 0 Å². The quantitative estimate of drug-likeness (QED) is 0.740. The van der Waals surface area contributed by atoms with Crippen molar-refractivity contribution in [3.63, 3.8) is 0 Å². The first-order chi connectivity index (χ1) is 9.10. The summed E-state index contributed by atoms with van der Waals surface area (Å²) in [5, 5.41) is 3.50. The summed E-state index contributed by atoms with van der Waals surface area (Å²) in [5.74, 6) is -0.400. The zero-order chi connectivity index (χ0) is 13.8. The second kappa shape index (κ2) is 6.40. The maximum absolute atomic E-state index is 13.1. The van der Waals surface area contributed by atoms with Gasteiger partial charge in [0, 0.05) is 10.2 Å². The summed E-state index contributed by atoms with van der Waals surface area (Å²) >= 11 is 9.26. The maximum Gasteiger partial charge on any atom is 0.141 e. The molecule has 0 aliphatic heterocycles. The molecule has 2 rings (SSSR count). The molecule has 0 spiro atoms. The summed E-state index contributed by atoms with van der Waals surface area (Å²) in [6, 6.07) is 13.0. The van der Waals surface area contributed by atoms with Gasteiger partial charge in [0.05, 0.1) is 11.1 Å². The Labute approximate surface area is 125 Å². The van der Waals surface area contributed by atoms with Gasteiger partial charge in [-0.25, -0.2) is 4.39 Å². The highest BCUT2D eigenvalue weighted by molar-refractivity contribution is 9.10. The predicted molar refractivity (Wildman–Crippen MR) is 82.2 cm³/mol. The fourth-order valence-electron chi connectivity index (χ4n) is 1.93. The van der Waals surface area contributed by atoms with Crippen LogP contribution in [-0.2, 0) is 0 Å². The van der Waals surface area contributed by atoms with Crippen LogP contribution in [0.4, 0.5) is 10.1 Å². The number of benzene rings is 2. The number of rotatable bonds is 4. The first-order valence-corrected chi connectivity index (χ1v) is 7.24.